The average Bonchev–Trinajstić information content (AvgIpc) is 2.67. The van der Waals surface area contributed by atoms with E-state index in [1.165, 1.54) is 37.3 Å². The van der Waals surface area contributed by atoms with Gasteiger partial charge in [0.2, 0.25) is 0 Å². The van der Waals surface area contributed by atoms with E-state index in [0.717, 1.165) is 10.8 Å². The van der Waals surface area contributed by atoms with Crippen molar-refractivity contribution in [3.05, 3.63) is 72.5 Å². The van der Waals surface area contributed by atoms with Gasteiger partial charge in [-0.2, -0.15) is 0 Å². The van der Waals surface area contributed by atoms with Gasteiger partial charge in [0.15, 0.2) is 17.7 Å². The number of fused-ring (bicyclic) bond motifs is 1. The highest BCUT2D eigenvalue weighted by molar-refractivity contribution is 7.89. The van der Waals surface area contributed by atoms with Crippen LogP contribution in [0.2, 0.25) is 0 Å². The number of hydrogen-bond donors (Lipinski definition) is 2. The molecule has 27 heavy (non-hydrogen) atoms. The third-order valence-electron chi connectivity index (χ3n) is 3.85. The Kier molecular flexibility index (Phi) is 5.38. The summed E-state index contributed by atoms with van der Waals surface area (Å²) in [6.45, 7) is 1.38. The summed E-state index contributed by atoms with van der Waals surface area (Å²) >= 11 is 0. The molecule has 1 atom stereocenters. The van der Waals surface area contributed by atoms with Crippen LogP contribution in [-0.2, 0) is 14.8 Å². The highest BCUT2D eigenvalue weighted by Gasteiger charge is 2.20. The van der Waals surface area contributed by atoms with Crippen LogP contribution < -0.4 is 15.0 Å². The van der Waals surface area contributed by atoms with E-state index in [4.69, 9.17) is 4.74 Å². The molecule has 0 fully saturated rings. The lowest BCUT2D eigenvalue weighted by atomic mass is 10.1. The molecule has 6 nitrogen and oxygen atoms in total. The van der Waals surface area contributed by atoms with Gasteiger partial charge in [0.1, 0.15) is 0 Å². The van der Waals surface area contributed by atoms with Crippen molar-refractivity contribution in [2.45, 2.75) is 17.9 Å². The molecule has 0 aliphatic heterocycles. The predicted octanol–water partition coefficient (Wildman–Crippen LogP) is 2.76. The second-order valence-electron chi connectivity index (χ2n) is 5.79. The maximum Gasteiger partial charge on any atom is 0.275 e. The number of ether oxygens (including phenoxy) is 1. The number of rotatable bonds is 6. The summed E-state index contributed by atoms with van der Waals surface area (Å²) < 4.78 is 43.6. The zero-order valence-corrected chi connectivity index (χ0v) is 15.2. The first-order valence-corrected chi connectivity index (χ1v) is 9.57. The summed E-state index contributed by atoms with van der Waals surface area (Å²) in [5.41, 5.74) is 2.08. The lowest BCUT2D eigenvalue weighted by Crippen LogP contribution is -2.47. The van der Waals surface area contributed by atoms with Gasteiger partial charge in [0, 0.05) is 0 Å². The average molecular weight is 388 g/mol. The Morgan fingerprint density at radius 3 is 2.41 bits per heavy atom. The van der Waals surface area contributed by atoms with Crippen LogP contribution in [-0.4, -0.2) is 20.4 Å². The Balaban J connectivity index is 1.66. The van der Waals surface area contributed by atoms with Gasteiger partial charge in [-0.25, -0.2) is 12.8 Å². The molecule has 0 radical (unpaired) electrons. The van der Waals surface area contributed by atoms with E-state index in [2.05, 4.69) is 5.43 Å². The third-order valence-corrected chi connectivity index (χ3v) is 5.09. The van der Waals surface area contributed by atoms with Crippen molar-refractivity contribution in [2.24, 2.45) is 0 Å². The monoisotopic (exact) mass is 388 g/mol. The Morgan fingerprint density at radius 2 is 1.67 bits per heavy atom. The van der Waals surface area contributed by atoms with Crippen molar-refractivity contribution in [2.75, 3.05) is 0 Å². The first-order chi connectivity index (χ1) is 12.9. The van der Waals surface area contributed by atoms with Gasteiger partial charge < -0.3 is 4.74 Å². The highest BCUT2D eigenvalue weighted by atomic mass is 32.2. The molecule has 1 amide bonds. The van der Waals surface area contributed by atoms with Gasteiger partial charge >= 0.3 is 0 Å². The summed E-state index contributed by atoms with van der Waals surface area (Å²) in [5.74, 6) is -1.48. The predicted molar refractivity (Wildman–Crippen MR) is 98.9 cm³/mol. The van der Waals surface area contributed by atoms with Gasteiger partial charge in [-0.05, 0) is 42.0 Å². The lowest BCUT2D eigenvalue weighted by Gasteiger charge is -2.15. The number of hydrogen-bond acceptors (Lipinski definition) is 4. The van der Waals surface area contributed by atoms with Crippen molar-refractivity contribution in [1.29, 1.82) is 0 Å². The molecule has 2 N–H and O–H groups in total. The quantitative estimate of drug-likeness (QED) is 0.636. The number of nitrogens with one attached hydrogen (secondary N) is 2. The fourth-order valence-corrected chi connectivity index (χ4v) is 3.28. The van der Waals surface area contributed by atoms with E-state index in [9.17, 15) is 17.6 Å². The number of benzene rings is 3. The number of para-hydroxylation sites is 1. The Bertz CT molecular complexity index is 1090. The van der Waals surface area contributed by atoms with Crippen LogP contribution in [0.3, 0.4) is 0 Å². The summed E-state index contributed by atoms with van der Waals surface area (Å²) in [7, 11) is -3.97. The molecule has 0 aliphatic carbocycles. The first kappa shape index (κ1) is 18.8. The molecule has 3 aromatic rings. The van der Waals surface area contributed by atoms with Crippen molar-refractivity contribution >= 4 is 26.7 Å². The minimum Gasteiger partial charge on any atom is -0.478 e. The number of carbonyl (C=O) groups is 1. The Labute approximate surface area is 156 Å². The Hall–Kier alpha value is -2.97. The van der Waals surface area contributed by atoms with Gasteiger partial charge in [-0.15, -0.1) is 4.83 Å². The Morgan fingerprint density at radius 1 is 1.00 bits per heavy atom. The van der Waals surface area contributed by atoms with Crippen molar-refractivity contribution in [1.82, 2.24) is 10.3 Å². The molecule has 3 aromatic carbocycles. The number of hydrazine groups is 1. The van der Waals surface area contributed by atoms with E-state index in [1.54, 1.807) is 24.3 Å². The summed E-state index contributed by atoms with van der Waals surface area (Å²) in [5, 5.41) is 1.65. The van der Waals surface area contributed by atoms with Gasteiger partial charge in [0.25, 0.3) is 15.9 Å². The molecule has 0 bridgehead atoms. The summed E-state index contributed by atoms with van der Waals surface area (Å²) in [6.07, 6.45) is -1.11. The van der Waals surface area contributed by atoms with Gasteiger partial charge in [-0.3, -0.25) is 10.2 Å². The molecule has 3 rings (SSSR count). The minimum absolute atomic E-state index is 0.00387. The summed E-state index contributed by atoms with van der Waals surface area (Å²) in [6, 6.07) is 17.5. The minimum atomic E-state index is -3.97. The highest BCUT2D eigenvalue weighted by Crippen LogP contribution is 2.19. The van der Waals surface area contributed by atoms with Gasteiger partial charge in [-0.1, -0.05) is 42.5 Å². The van der Waals surface area contributed by atoms with Crippen LogP contribution in [0, 0.1) is 5.82 Å². The molecular weight excluding hydrogens is 371 g/mol. The van der Waals surface area contributed by atoms with E-state index >= 15 is 0 Å². The van der Waals surface area contributed by atoms with Crippen LogP contribution in [0.4, 0.5) is 4.39 Å². The van der Waals surface area contributed by atoms with Crippen LogP contribution in [0.1, 0.15) is 6.92 Å². The maximum absolute atomic E-state index is 13.6. The fourth-order valence-electron chi connectivity index (χ4n) is 2.40. The normalized spacial score (nSPS) is 12.5. The number of sulfonamides is 1. The molecule has 0 spiro atoms. The second kappa shape index (κ2) is 7.73. The largest absolute Gasteiger partial charge is 0.478 e. The topological polar surface area (TPSA) is 84.5 Å². The molecule has 0 saturated heterocycles. The third kappa shape index (κ3) is 4.42. The van der Waals surface area contributed by atoms with E-state index in [-0.39, 0.29) is 10.6 Å². The van der Waals surface area contributed by atoms with Crippen LogP contribution in [0.25, 0.3) is 10.8 Å². The summed E-state index contributed by atoms with van der Waals surface area (Å²) in [4.78, 5) is 14.1. The van der Waals surface area contributed by atoms with Crippen molar-refractivity contribution in [3.8, 4) is 5.75 Å². The second-order valence-corrected chi connectivity index (χ2v) is 7.48. The SMILES string of the molecule is C[C@@H](Oc1ccccc1F)C(=O)NNS(=O)(=O)c1ccc2ccccc2c1. The fraction of sp³-hybridized carbons (Fsp3) is 0.105. The number of carbonyl (C=O) groups excluding carboxylic acids is 1. The van der Waals surface area contributed by atoms with Crippen LogP contribution >= 0.6 is 0 Å². The molecule has 0 aromatic heterocycles. The lowest BCUT2D eigenvalue weighted by molar-refractivity contribution is -0.127. The zero-order chi connectivity index (χ0) is 19.4. The van der Waals surface area contributed by atoms with Crippen LogP contribution in [0.5, 0.6) is 5.75 Å². The maximum atomic E-state index is 13.6. The van der Waals surface area contributed by atoms with Crippen LogP contribution in [0.15, 0.2) is 71.6 Å². The van der Waals surface area contributed by atoms with Crippen molar-refractivity contribution < 1.29 is 22.3 Å². The molecule has 0 aliphatic rings. The van der Waals surface area contributed by atoms with Gasteiger partial charge in [0.05, 0.1) is 4.90 Å². The number of amides is 1. The smallest absolute Gasteiger partial charge is 0.275 e. The van der Waals surface area contributed by atoms with E-state index < -0.39 is 27.9 Å². The zero-order valence-electron chi connectivity index (χ0n) is 14.3. The molecule has 0 saturated carbocycles. The standard InChI is InChI=1S/C19H17FN2O4S/c1-13(26-18-9-5-4-8-17(18)20)19(23)21-22-27(24,25)16-11-10-14-6-2-3-7-15(14)12-16/h2-13,22H,1H3,(H,21,23)/t13-/m1/s1. The first-order valence-electron chi connectivity index (χ1n) is 8.08. The van der Waals surface area contributed by atoms with E-state index in [0.29, 0.717) is 0 Å². The molecular formula is C19H17FN2O4S. The molecule has 0 unspecified atom stereocenters. The molecule has 140 valence electrons. The number of halogens is 1. The van der Waals surface area contributed by atoms with Crippen molar-refractivity contribution in [3.63, 3.8) is 0 Å². The molecule has 8 heteroatoms. The van der Waals surface area contributed by atoms with E-state index in [1.807, 2.05) is 17.0 Å². The molecule has 0 heterocycles.